The quantitative estimate of drug-likeness (QED) is 0.735. The first kappa shape index (κ1) is 15.7. The molecule has 1 aromatic carbocycles. The van der Waals surface area contributed by atoms with Crippen molar-refractivity contribution in [3.8, 4) is 5.75 Å². The lowest BCUT2D eigenvalue weighted by Crippen LogP contribution is -2.48. The van der Waals surface area contributed by atoms with Gasteiger partial charge in [0.15, 0.2) is 0 Å². The molecule has 8 nitrogen and oxygen atoms in total. The van der Waals surface area contributed by atoms with Crippen LogP contribution in [-0.4, -0.2) is 57.9 Å². The number of nitrogens with one attached hydrogen (secondary N) is 1. The summed E-state index contributed by atoms with van der Waals surface area (Å²) in [6.07, 6.45) is 0. The van der Waals surface area contributed by atoms with Crippen LogP contribution >= 0.6 is 0 Å². The molecule has 0 spiro atoms. The average molecular weight is 316 g/mol. The normalized spacial score (nSPS) is 16.6. The van der Waals surface area contributed by atoms with Crippen LogP contribution in [0.3, 0.4) is 0 Å². The SMILES string of the molecule is COC(=O)c1cc(S(=O)(=O)NN2CCOCC2)ccc1O. The lowest BCUT2D eigenvalue weighted by atomic mass is 10.2. The second-order valence-corrected chi connectivity index (χ2v) is 6.03. The van der Waals surface area contributed by atoms with Crippen molar-refractivity contribution in [2.75, 3.05) is 33.4 Å². The van der Waals surface area contributed by atoms with Crippen molar-refractivity contribution < 1.29 is 27.8 Å². The maximum atomic E-state index is 12.2. The molecule has 0 aromatic heterocycles. The van der Waals surface area contributed by atoms with Crippen LogP contribution in [0, 0.1) is 0 Å². The fraction of sp³-hybridized carbons (Fsp3) is 0.417. The summed E-state index contributed by atoms with van der Waals surface area (Å²) in [5.41, 5.74) is -0.206. The Kier molecular flexibility index (Phi) is 4.78. The van der Waals surface area contributed by atoms with Gasteiger partial charge in [0.2, 0.25) is 0 Å². The lowest BCUT2D eigenvalue weighted by Gasteiger charge is -2.26. The Hall–Kier alpha value is -1.68. The maximum absolute atomic E-state index is 12.2. The van der Waals surface area contributed by atoms with E-state index >= 15 is 0 Å². The number of hydrazine groups is 1. The van der Waals surface area contributed by atoms with Gasteiger partial charge in [0.25, 0.3) is 10.0 Å². The molecule has 1 saturated heterocycles. The van der Waals surface area contributed by atoms with Crippen LogP contribution in [0.4, 0.5) is 0 Å². The Morgan fingerprint density at radius 3 is 2.67 bits per heavy atom. The van der Waals surface area contributed by atoms with Crippen molar-refractivity contribution in [1.29, 1.82) is 0 Å². The first-order valence-corrected chi connectivity index (χ1v) is 7.69. The van der Waals surface area contributed by atoms with Gasteiger partial charge in [0.1, 0.15) is 11.3 Å². The molecule has 0 unspecified atom stereocenters. The molecule has 1 aromatic rings. The molecule has 0 radical (unpaired) electrons. The van der Waals surface area contributed by atoms with E-state index in [2.05, 4.69) is 9.57 Å². The van der Waals surface area contributed by atoms with Crippen LogP contribution < -0.4 is 4.83 Å². The molecule has 0 amide bonds. The third-order valence-electron chi connectivity index (χ3n) is 2.94. The van der Waals surface area contributed by atoms with E-state index in [1.807, 2.05) is 0 Å². The fourth-order valence-corrected chi connectivity index (χ4v) is 2.98. The Balaban J connectivity index is 2.25. The molecule has 0 atom stereocenters. The van der Waals surface area contributed by atoms with E-state index in [1.54, 1.807) is 0 Å². The van der Waals surface area contributed by atoms with Crippen LogP contribution in [0.1, 0.15) is 10.4 Å². The number of methoxy groups -OCH3 is 1. The van der Waals surface area contributed by atoms with Crippen LogP contribution in [0.25, 0.3) is 0 Å². The van der Waals surface area contributed by atoms with Crippen molar-refractivity contribution in [2.24, 2.45) is 0 Å². The van der Waals surface area contributed by atoms with Crippen molar-refractivity contribution in [3.63, 3.8) is 0 Å². The van der Waals surface area contributed by atoms with Crippen LogP contribution in [0.15, 0.2) is 23.1 Å². The molecule has 0 saturated carbocycles. The molecule has 1 aliphatic heterocycles. The summed E-state index contributed by atoms with van der Waals surface area (Å²) in [5.74, 6) is -1.15. The van der Waals surface area contributed by atoms with Gasteiger partial charge in [-0.15, -0.1) is 4.83 Å². The van der Waals surface area contributed by atoms with Crippen LogP contribution in [0.2, 0.25) is 0 Å². The summed E-state index contributed by atoms with van der Waals surface area (Å²) in [7, 11) is -2.69. The highest BCUT2D eigenvalue weighted by Gasteiger charge is 2.22. The molecule has 21 heavy (non-hydrogen) atoms. The molecular formula is C12H16N2O6S. The highest BCUT2D eigenvalue weighted by molar-refractivity contribution is 7.89. The highest BCUT2D eigenvalue weighted by Crippen LogP contribution is 2.22. The monoisotopic (exact) mass is 316 g/mol. The molecule has 2 N–H and O–H groups in total. The first-order chi connectivity index (χ1) is 9.94. The number of sulfonamides is 1. The number of ether oxygens (including phenoxy) is 2. The molecule has 1 heterocycles. The Bertz CT molecular complexity index is 625. The topological polar surface area (TPSA) is 105 Å². The van der Waals surface area contributed by atoms with E-state index in [0.717, 1.165) is 19.2 Å². The van der Waals surface area contributed by atoms with Crippen LogP contribution in [0.5, 0.6) is 5.75 Å². The number of phenols is 1. The molecule has 0 aliphatic carbocycles. The predicted octanol–water partition coefficient (Wildman–Crippen LogP) is -0.296. The van der Waals surface area contributed by atoms with Crippen LogP contribution in [-0.2, 0) is 19.5 Å². The number of nitrogens with zero attached hydrogens (tertiary/aromatic N) is 1. The number of morpholine rings is 1. The minimum Gasteiger partial charge on any atom is -0.507 e. The summed E-state index contributed by atoms with van der Waals surface area (Å²) in [6.45, 7) is 1.74. The number of benzene rings is 1. The van der Waals surface area contributed by atoms with E-state index in [0.29, 0.717) is 26.3 Å². The molecule has 9 heteroatoms. The van der Waals surface area contributed by atoms with Gasteiger partial charge in [-0.25, -0.2) is 18.2 Å². The Morgan fingerprint density at radius 2 is 2.05 bits per heavy atom. The molecular weight excluding hydrogens is 300 g/mol. The Morgan fingerprint density at radius 1 is 1.38 bits per heavy atom. The smallest absolute Gasteiger partial charge is 0.341 e. The number of phenolic OH excluding ortho intramolecular Hbond substituents is 1. The van der Waals surface area contributed by atoms with Gasteiger partial charge in [0.05, 0.1) is 25.2 Å². The largest absolute Gasteiger partial charge is 0.507 e. The molecule has 0 bridgehead atoms. The van der Waals surface area contributed by atoms with Gasteiger partial charge in [-0.05, 0) is 18.2 Å². The van der Waals surface area contributed by atoms with Gasteiger partial charge in [-0.1, -0.05) is 0 Å². The molecule has 116 valence electrons. The number of rotatable bonds is 4. The highest BCUT2D eigenvalue weighted by atomic mass is 32.2. The molecule has 1 aliphatic rings. The van der Waals surface area contributed by atoms with Crippen molar-refractivity contribution in [2.45, 2.75) is 4.90 Å². The minimum atomic E-state index is -3.84. The van der Waals surface area contributed by atoms with E-state index in [1.165, 1.54) is 11.1 Å². The molecule has 2 rings (SSSR count). The van der Waals surface area contributed by atoms with Crippen molar-refractivity contribution in [1.82, 2.24) is 9.84 Å². The third kappa shape index (κ3) is 3.70. The van der Waals surface area contributed by atoms with E-state index in [-0.39, 0.29) is 16.2 Å². The first-order valence-electron chi connectivity index (χ1n) is 6.20. The van der Waals surface area contributed by atoms with E-state index < -0.39 is 16.0 Å². The number of hydrogen-bond donors (Lipinski definition) is 2. The summed E-state index contributed by atoms with van der Waals surface area (Å²) >= 11 is 0. The summed E-state index contributed by atoms with van der Waals surface area (Å²) < 4.78 is 34.1. The zero-order valence-corrected chi connectivity index (χ0v) is 12.2. The van der Waals surface area contributed by atoms with Crippen molar-refractivity contribution >= 4 is 16.0 Å². The fourth-order valence-electron chi connectivity index (χ4n) is 1.83. The van der Waals surface area contributed by atoms with Crippen molar-refractivity contribution in [3.05, 3.63) is 23.8 Å². The maximum Gasteiger partial charge on any atom is 0.341 e. The number of carbonyl (C=O) groups excluding carboxylic acids is 1. The summed E-state index contributed by atoms with van der Waals surface area (Å²) in [5, 5.41) is 11.1. The third-order valence-corrected chi connectivity index (χ3v) is 4.32. The number of carbonyl (C=O) groups is 1. The van der Waals surface area contributed by atoms with Gasteiger partial charge in [-0.3, -0.25) is 0 Å². The van der Waals surface area contributed by atoms with Gasteiger partial charge in [-0.2, -0.15) is 0 Å². The Labute approximate surface area is 122 Å². The summed E-state index contributed by atoms with van der Waals surface area (Å²) in [4.78, 5) is 13.8. The average Bonchev–Trinajstić information content (AvgIpc) is 2.47. The number of esters is 1. The van der Waals surface area contributed by atoms with Gasteiger partial charge in [0, 0.05) is 13.1 Å². The number of hydrogen-bond acceptors (Lipinski definition) is 7. The van der Waals surface area contributed by atoms with Gasteiger partial charge >= 0.3 is 5.97 Å². The second-order valence-electron chi connectivity index (χ2n) is 4.36. The van der Waals surface area contributed by atoms with E-state index in [4.69, 9.17) is 4.74 Å². The van der Waals surface area contributed by atoms with E-state index in [9.17, 15) is 18.3 Å². The zero-order valence-electron chi connectivity index (χ0n) is 11.4. The second kappa shape index (κ2) is 6.39. The standard InChI is InChI=1S/C12H16N2O6S/c1-19-12(16)10-8-9(2-3-11(10)15)21(17,18)13-14-4-6-20-7-5-14/h2-3,8,13,15H,4-7H2,1H3. The minimum absolute atomic E-state index is 0.132. The van der Waals surface area contributed by atoms with Gasteiger partial charge < -0.3 is 14.6 Å². The zero-order chi connectivity index (χ0) is 15.5. The molecule has 1 fully saturated rings. The summed E-state index contributed by atoms with van der Waals surface area (Å²) in [6, 6.07) is 3.43. The predicted molar refractivity (Wildman–Crippen MR) is 72.2 cm³/mol. The number of aromatic hydroxyl groups is 1. The lowest BCUT2D eigenvalue weighted by molar-refractivity contribution is 0.0272.